The van der Waals surface area contributed by atoms with Crippen LogP contribution in [0.1, 0.15) is 65.1 Å². The van der Waals surface area contributed by atoms with Gasteiger partial charge in [0, 0.05) is 23.5 Å². The average molecular weight is 311 g/mol. The molecule has 0 unspecified atom stereocenters. The monoisotopic (exact) mass is 311 g/mol. The molecule has 5 nitrogen and oxygen atoms in total. The van der Waals surface area contributed by atoms with E-state index in [9.17, 15) is 9.90 Å². The topological polar surface area (TPSA) is 75.1 Å². The summed E-state index contributed by atoms with van der Waals surface area (Å²) in [6, 6.07) is 0. The zero-order valence-corrected chi connectivity index (χ0v) is 13.9. The van der Waals surface area contributed by atoms with Gasteiger partial charge in [0.2, 0.25) is 5.13 Å². The maximum Gasteiger partial charge on any atom is 0.311 e. The van der Waals surface area contributed by atoms with Crippen molar-refractivity contribution in [1.82, 2.24) is 9.36 Å². The van der Waals surface area contributed by atoms with Gasteiger partial charge in [-0.15, -0.1) is 0 Å². The van der Waals surface area contributed by atoms with Crippen LogP contribution >= 0.6 is 11.5 Å². The van der Waals surface area contributed by atoms with Crippen LogP contribution in [0.5, 0.6) is 0 Å². The minimum absolute atomic E-state index is 0.0801. The first-order chi connectivity index (χ1) is 9.83. The lowest BCUT2D eigenvalue weighted by Crippen LogP contribution is -2.37. The van der Waals surface area contributed by atoms with Gasteiger partial charge in [-0.25, -0.2) is 4.98 Å². The van der Waals surface area contributed by atoms with Crippen LogP contribution in [0.3, 0.4) is 0 Å². The molecule has 0 aliphatic heterocycles. The quantitative estimate of drug-likeness (QED) is 0.830. The Balaban J connectivity index is 2.05. The first-order valence-electron chi connectivity index (χ1n) is 7.65. The standard InChI is InChI=1S/C15H25N3O2S/c1-14(2,3)11-17-13(21-18-11)16-10-15(12(19)20)8-6-4-5-7-9-15/h4-10H2,1-3H3,(H,19,20)(H,16,17,18). The maximum absolute atomic E-state index is 11.7. The summed E-state index contributed by atoms with van der Waals surface area (Å²) in [5, 5.41) is 13.6. The van der Waals surface area contributed by atoms with Crippen molar-refractivity contribution in [3.8, 4) is 0 Å². The van der Waals surface area contributed by atoms with E-state index >= 15 is 0 Å². The second-order valence-electron chi connectivity index (χ2n) is 7.03. The summed E-state index contributed by atoms with van der Waals surface area (Å²) >= 11 is 1.32. The molecular formula is C15H25N3O2S. The van der Waals surface area contributed by atoms with Crippen LogP contribution in [0.2, 0.25) is 0 Å². The number of hydrogen-bond donors (Lipinski definition) is 2. The lowest BCUT2D eigenvalue weighted by Gasteiger charge is -2.28. The molecule has 0 radical (unpaired) electrons. The molecule has 2 N–H and O–H groups in total. The Morgan fingerprint density at radius 1 is 1.29 bits per heavy atom. The van der Waals surface area contributed by atoms with Crippen LogP contribution in [0.4, 0.5) is 5.13 Å². The molecule has 1 aromatic heterocycles. The minimum Gasteiger partial charge on any atom is -0.481 e. The Kier molecular flexibility index (Phi) is 4.86. The van der Waals surface area contributed by atoms with E-state index in [1.807, 2.05) is 0 Å². The smallest absolute Gasteiger partial charge is 0.311 e. The highest BCUT2D eigenvalue weighted by molar-refractivity contribution is 7.09. The number of hydrogen-bond acceptors (Lipinski definition) is 5. The van der Waals surface area contributed by atoms with E-state index in [-0.39, 0.29) is 5.41 Å². The van der Waals surface area contributed by atoms with Gasteiger partial charge in [-0.1, -0.05) is 46.5 Å². The molecule has 118 valence electrons. The SMILES string of the molecule is CC(C)(C)c1nsc(NCC2(C(=O)O)CCCCCC2)n1. The number of rotatable bonds is 4. The van der Waals surface area contributed by atoms with Crippen molar-refractivity contribution >= 4 is 22.6 Å². The highest BCUT2D eigenvalue weighted by Crippen LogP contribution is 2.36. The van der Waals surface area contributed by atoms with Crippen molar-refractivity contribution in [2.75, 3.05) is 11.9 Å². The van der Waals surface area contributed by atoms with E-state index in [1.54, 1.807) is 0 Å². The number of anilines is 1. The molecule has 1 aliphatic rings. The lowest BCUT2D eigenvalue weighted by molar-refractivity contribution is -0.149. The minimum atomic E-state index is -0.683. The Morgan fingerprint density at radius 3 is 2.38 bits per heavy atom. The normalized spacial score (nSPS) is 19.0. The summed E-state index contributed by atoms with van der Waals surface area (Å²) in [6.45, 7) is 6.66. The molecule has 2 rings (SSSR count). The van der Waals surface area contributed by atoms with Crippen LogP contribution in [0.25, 0.3) is 0 Å². The van der Waals surface area contributed by atoms with Gasteiger partial charge >= 0.3 is 5.97 Å². The number of nitrogens with zero attached hydrogens (tertiary/aromatic N) is 2. The number of aliphatic carboxylic acids is 1. The Morgan fingerprint density at radius 2 is 1.90 bits per heavy atom. The van der Waals surface area contributed by atoms with Gasteiger partial charge in [-0.2, -0.15) is 4.37 Å². The van der Waals surface area contributed by atoms with Gasteiger partial charge in [-0.3, -0.25) is 4.79 Å². The zero-order valence-electron chi connectivity index (χ0n) is 13.1. The van der Waals surface area contributed by atoms with E-state index in [4.69, 9.17) is 0 Å². The predicted molar refractivity (Wildman–Crippen MR) is 84.9 cm³/mol. The molecule has 0 spiro atoms. The van der Waals surface area contributed by atoms with Gasteiger partial charge in [0.15, 0.2) is 0 Å². The Labute approximate surface area is 130 Å². The summed E-state index contributed by atoms with van der Waals surface area (Å²) in [5.41, 5.74) is -0.729. The summed E-state index contributed by atoms with van der Waals surface area (Å²) in [5.74, 6) is 0.123. The molecule has 1 saturated carbocycles. The summed E-state index contributed by atoms with van der Waals surface area (Å²) in [7, 11) is 0. The lowest BCUT2D eigenvalue weighted by atomic mass is 9.80. The van der Waals surface area contributed by atoms with Crippen molar-refractivity contribution in [2.45, 2.75) is 64.7 Å². The Bertz CT molecular complexity index is 485. The van der Waals surface area contributed by atoms with Crippen molar-refractivity contribution in [3.05, 3.63) is 5.82 Å². The third-order valence-electron chi connectivity index (χ3n) is 4.19. The molecule has 0 amide bonds. The van der Waals surface area contributed by atoms with Crippen LogP contribution in [-0.2, 0) is 10.2 Å². The summed E-state index contributed by atoms with van der Waals surface area (Å²) in [4.78, 5) is 16.2. The van der Waals surface area contributed by atoms with Crippen molar-refractivity contribution in [1.29, 1.82) is 0 Å². The molecule has 0 saturated heterocycles. The number of carbonyl (C=O) groups is 1. The molecule has 21 heavy (non-hydrogen) atoms. The molecule has 1 aliphatic carbocycles. The highest BCUT2D eigenvalue weighted by Gasteiger charge is 2.38. The molecule has 0 atom stereocenters. The molecule has 6 heteroatoms. The van der Waals surface area contributed by atoms with Crippen molar-refractivity contribution in [3.63, 3.8) is 0 Å². The van der Waals surface area contributed by atoms with Crippen molar-refractivity contribution in [2.24, 2.45) is 5.41 Å². The second-order valence-corrected chi connectivity index (χ2v) is 7.78. The first kappa shape index (κ1) is 16.2. The van der Waals surface area contributed by atoms with Gasteiger partial charge in [0.25, 0.3) is 0 Å². The number of carboxylic acids is 1. The third-order valence-corrected chi connectivity index (χ3v) is 4.86. The van der Waals surface area contributed by atoms with Crippen molar-refractivity contribution < 1.29 is 9.90 Å². The first-order valence-corrected chi connectivity index (χ1v) is 8.42. The van der Waals surface area contributed by atoms with Crippen LogP contribution in [0, 0.1) is 5.41 Å². The number of aromatic nitrogens is 2. The molecule has 1 heterocycles. The highest BCUT2D eigenvalue weighted by atomic mass is 32.1. The van der Waals surface area contributed by atoms with E-state index in [1.165, 1.54) is 11.5 Å². The molecular weight excluding hydrogens is 286 g/mol. The summed E-state index contributed by atoms with van der Waals surface area (Å²) in [6.07, 6.45) is 5.78. The third kappa shape index (κ3) is 3.93. The molecule has 1 aromatic rings. The molecule has 0 bridgehead atoms. The Hall–Kier alpha value is -1.17. The van der Waals surface area contributed by atoms with E-state index in [0.29, 0.717) is 6.54 Å². The zero-order chi connectivity index (χ0) is 15.5. The van der Waals surface area contributed by atoms with E-state index < -0.39 is 11.4 Å². The predicted octanol–water partition coefficient (Wildman–Crippen LogP) is 3.67. The van der Waals surface area contributed by atoms with Gasteiger partial charge in [-0.05, 0) is 12.8 Å². The van der Waals surface area contributed by atoms with E-state index in [0.717, 1.165) is 49.5 Å². The largest absolute Gasteiger partial charge is 0.481 e. The fraction of sp³-hybridized carbons (Fsp3) is 0.800. The van der Waals surface area contributed by atoms with Gasteiger partial charge in [0.1, 0.15) is 5.82 Å². The fourth-order valence-electron chi connectivity index (χ4n) is 2.72. The summed E-state index contributed by atoms with van der Waals surface area (Å²) < 4.78 is 4.36. The average Bonchev–Trinajstić information content (AvgIpc) is 2.75. The van der Waals surface area contributed by atoms with Crippen LogP contribution in [-0.4, -0.2) is 27.0 Å². The number of nitrogens with one attached hydrogen (secondary N) is 1. The molecule has 1 fully saturated rings. The fourth-order valence-corrected chi connectivity index (χ4v) is 3.47. The second kappa shape index (κ2) is 6.30. The number of carboxylic acid groups (broad SMARTS) is 1. The maximum atomic E-state index is 11.7. The van der Waals surface area contributed by atoms with Crippen LogP contribution < -0.4 is 5.32 Å². The van der Waals surface area contributed by atoms with Gasteiger partial charge < -0.3 is 10.4 Å². The van der Waals surface area contributed by atoms with E-state index in [2.05, 4.69) is 35.4 Å². The molecule has 0 aromatic carbocycles. The van der Waals surface area contributed by atoms with Crippen LogP contribution in [0.15, 0.2) is 0 Å². The van der Waals surface area contributed by atoms with Gasteiger partial charge in [0.05, 0.1) is 5.41 Å².